The van der Waals surface area contributed by atoms with Crippen molar-refractivity contribution in [1.29, 1.82) is 0 Å². The molecule has 2 rings (SSSR count). The predicted octanol–water partition coefficient (Wildman–Crippen LogP) is 3.09. The van der Waals surface area contributed by atoms with Crippen LogP contribution in [0.3, 0.4) is 0 Å². The van der Waals surface area contributed by atoms with E-state index in [-0.39, 0.29) is 6.04 Å². The molecule has 1 atom stereocenters. The van der Waals surface area contributed by atoms with Gasteiger partial charge >= 0.3 is 0 Å². The van der Waals surface area contributed by atoms with E-state index in [4.69, 9.17) is 0 Å². The van der Waals surface area contributed by atoms with Crippen LogP contribution in [-0.4, -0.2) is 6.54 Å². The topological polar surface area (TPSA) is 12.0 Å². The van der Waals surface area contributed by atoms with E-state index in [1.165, 1.54) is 6.07 Å². The number of rotatable bonds is 1. The van der Waals surface area contributed by atoms with E-state index < -0.39 is 11.6 Å². The molecule has 1 aliphatic rings. The van der Waals surface area contributed by atoms with Crippen LogP contribution in [-0.2, 0) is 0 Å². The summed E-state index contributed by atoms with van der Waals surface area (Å²) in [5.74, 6) is -0.933. The van der Waals surface area contributed by atoms with Crippen LogP contribution in [0.2, 0.25) is 0 Å². The summed E-state index contributed by atoms with van der Waals surface area (Å²) in [5, 5.41) is 3.30. The van der Waals surface area contributed by atoms with Crippen molar-refractivity contribution in [2.45, 2.75) is 32.2 Å². The molecule has 0 bridgehead atoms. The minimum absolute atomic E-state index is 0.115. The van der Waals surface area contributed by atoms with Gasteiger partial charge in [-0.2, -0.15) is 0 Å². The maximum atomic E-state index is 13.3. The molecule has 1 aromatic rings. The monoisotopic (exact) mass is 211 g/mol. The zero-order chi connectivity index (χ0) is 10.8. The third kappa shape index (κ3) is 2.17. The third-order valence-corrected chi connectivity index (χ3v) is 3.03. The summed E-state index contributed by atoms with van der Waals surface area (Å²) in [6.45, 7) is 2.64. The number of halogens is 2. The Morgan fingerprint density at radius 3 is 2.73 bits per heavy atom. The second-order valence-corrected chi connectivity index (χ2v) is 4.10. The van der Waals surface area contributed by atoms with Gasteiger partial charge < -0.3 is 5.32 Å². The van der Waals surface area contributed by atoms with Gasteiger partial charge in [0.1, 0.15) is 11.6 Å². The Morgan fingerprint density at radius 1 is 1.27 bits per heavy atom. The van der Waals surface area contributed by atoms with Crippen molar-refractivity contribution in [1.82, 2.24) is 5.32 Å². The van der Waals surface area contributed by atoms with Gasteiger partial charge in [0.05, 0.1) is 0 Å². The van der Waals surface area contributed by atoms with E-state index in [9.17, 15) is 8.78 Å². The fraction of sp³-hybridized carbons (Fsp3) is 0.500. The van der Waals surface area contributed by atoms with E-state index in [0.717, 1.165) is 37.4 Å². The summed E-state index contributed by atoms with van der Waals surface area (Å²) in [4.78, 5) is 0. The average Bonchev–Trinajstić information content (AvgIpc) is 2.24. The van der Waals surface area contributed by atoms with Crippen LogP contribution in [0.5, 0.6) is 0 Å². The SMILES string of the molecule is Cc1c(F)cc(F)cc1C1CCCCN1. The van der Waals surface area contributed by atoms with Gasteiger partial charge in [0.25, 0.3) is 0 Å². The minimum Gasteiger partial charge on any atom is -0.310 e. The maximum absolute atomic E-state index is 13.3. The molecule has 82 valence electrons. The summed E-state index contributed by atoms with van der Waals surface area (Å²) in [6, 6.07) is 2.51. The van der Waals surface area contributed by atoms with Gasteiger partial charge in [-0.05, 0) is 43.5 Å². The molecule has 1 aliphatic heterocycles. The highest BCUT2D eigenvalue weighted by Crippen LogP contribution is 2.27. The smallest absolute Gasteiger partial charge is 0.129 e. The lowest BCUT2D eigenvalue weighted by atomic mass is 9.94. The Morgan fingerprint density at radius 2 is 2.07 bits per heavy atom. The normalized spacial score (nSPS) is 21.7. The molecule has 1 aromatic carbocycles. The van der Waals surface area contributed by atoms with Crippen molar-refractivity contribution in [2.75, 3.05) is 6.54 Å². The summed E-state index contributed by atoms with van der Waals surface area (Å²) >= 11 is 0. The van der Waals surface area contributed by atoms with Crippen molar-refractivity contribution in [3.05, 3.63) is 34.9 Å². The average molecular weight is 211 g/mol. The van der Waals surface area contributed by atoms with Crippen molar-refractivity contribution >= 4 is 0 Å². The third-order valence-electron chi connectivity index (χ3n) is 3.03. The molecular formula is C12H15F2N. The first-order valence-electron chi connectivity index (χ1n) is 5.37. The van der Waals surface area contributed by atoms with Crippen molar-refractivity contribution in [2.24, 2.45) is 0 Å². The number of nitrogens with one attached hydrogen (secondary N) is 1. The second-order valence-electron chi connectivity index (χ2n) is 4.10. The second kappa shape index (κ2) is 4.27. The quantitative estimate of drug-likeness (QED) is 0.752. The van der Waals surface area contributed by atoms with Crippen LogP contribution in [0.15, 0.2) is 12.1 Å². The molecule has 1 saturated heterocycles. The van der Waals surface area contributed by atoms with E-state index in [2.05, 4.69) is 5.32 Å². The summed E-state index contributed by atoms with van der Waals surface area (Å²) in [7, 11) is 0. The Balaban J connectivity index is 2.33. The summed E-state index contributed by atoms with van der Waals surface area (Å²) < 4.78 is 26.4. The summed E-state index contributed by atoms with van der Waals surface area (Å²) in [6.07, 6.45) is 3.23. The Bertz CT molecular complexity index is 357. The zero-order valence-corrected chi connectivity index (χ0v) is 8.82. The molecule has 0 spiro atoms. The van der Waals surface area contributed by atoms with E-state index in [1.807, 2.05) is 0 Å². The molecule has 0 aliphatic carbocycles. The number of hydrogen-bond acceptors (Lipinski definition) is 1. The molecule has 0 amide bonds. The Labute approximate surface area is 88.5 Å². The van der Waals surface area contributed by atoms with Gasteiger partial charge in [0.15, 0.2) is 0 Å². The standard InChI is InChI=1S/C12H15F2N/c1-8-10(6-9(13)7-11(8)14)12-4-2-3-5-15-12/h6-7,12,15H,2-5H2,1H3. The highest BCUT2D eigenvalue weighted by Gasteiger charge is 2.19. The number of hydrogen-bond donors (Lipinski definition) is 1. The van der Waals surface area contributed by atoms with Crippen LogP contribution in [0, 0.1) is 18.6 Å². The van der Waals surface area contributed by atoms with Crippen LogP contribution >= 0.6 is 0 Å². The van der Waals surface area contributed by atoms with Gasteiger partial charge in [0, 0.05) is 12.1 Å². The number of benzene rings is 1. The lowest BCUT2D eigenvalue weighted by molar-refractivity contribution is 0.407. The van der Waals surface area contributed by atoms with Gasteiger partial charge in [-0.1, -0.05) is 6.42 Å². The van der Waals surface area contributed by atoms with Gasteiger partial charge in [-0.25, -0.2) is 8.78 Å². The first-order valence-corrected chi connectivity index (χ1v) is 5.37. The van der Waals surface area contributed by atoms with Gasteiger partial charge in [-0.15, -0.1) is 0 Å². The van der Waals surface area contributed by atoms with Gasteiger partial charge in [0.2, 0.25) is 0 Å². The molecule has 1 unspecified atom stereocenters. The van der Waals surface area contributed by atoms with Crippen LogP contribution < -0.4 is 5.32 Å². The molecular weight excluding hydrogens is 196 g/mol. The molecule has 1 N–H and O–H groups in total. The fourth-order valence-electron chi connectivity index (χ4n) is 2.14. The van der Waals surface area contributed by atoms with E-state index >= 15 is 0 Å². The lowest BCUT2D eigenvalue weighted by Gasteiger charge is -2.25. The molecule has 0 saturated carbocycles. The molecule has 3 heteroatoms. The molecule has 1 nitrogen and oxygen atoms in total. The van der Waals surface area contributed by atoms with Crippen molar-refractivity contribution < 1.29 is 8.78 Å². The van der Waals surface area contributed by atoms with Crippen molar-refractivity contribution in [3.63, 3.8) is 0 Å². The highest BCUT2D eigenvalue weighted by molar-refractivity contribution is 5.31. The van der Waals surface area contributed by atoms with E-state index in [1.54, 1.807) is 6.92 Å². The van der Waals surface area contributed by atoms with Gasteiger partial charge in [-0.3, -0.25) is 0 Å². The Kier molecular flexibility index (Phi) is 3.00. The summed E-state index contributed by atoms with van der Waals surface area (Å²) in [5.41, 5.74) is 1.34. The predicted molar refractivity (Wildman–Crippen MR) is 55.7 cm³/mol. The molecule has 0 aromatic heterocycles. The van der Waals surface area contributed by atoms with E-state index in [0.29, 0.717) is 5.56 Å². The lowest BCUT2D eigenvalue weighted by Crippen LogP contribution is -2.27. The number of piperidine rings is 1. The van der Waals surface area contributed by atoms with Crippen LogP contribution in [0.4, 0.5) is 8.78 Å². The molecule has 0 radical (unpaired) electrons. The maximum Gasteiger partial charge on any atom is 0.129 e. The largest absolute Gasteiger partial charge is 0.310 e. The first kappa shape index (κ1) is 10.6. The van der Waals surface area contributed by atoms with Crippen LogP contribution in [0.1, 0.15) is 36.4 Å². The van der Waals surface area contributed by atoms with Crippen molar-refractivity contribution in [3.8, 4) is 0 Å². The fourth-order valence-corrected chi connectivity index (χ4v) is 2.14. The molecule has 1 fully saturated rings. The highest BCUT2D eigenvalue weighted by atomic mass is 19.1. The zero-order valence-electron chi connectivity index (χ0n) is 8.82. The first-order chi connectivity index (χ1) is 7.18. The molecule has 1 heterocycles. The minimum atomic E-state index is -0.486. The molecule has 15 heavy (non-hydrogen) atoms. The van der Waals surface area contributed by atoms with Crippen LogP contribution in [0.25, 0.3) is 0 Å². The Hall–Kier alpha value is -0.960.